The third-order valence-electron chi connectivity index (χ3n) is 3.10. The molecule has 0 aliphatic heterocycles. The van der Waals surface area contributed by atoms with Gasteiger partial charge in [-0.15, -0.1) is 0 Å². The second-order valence-electron chi connectivity index (χ2n) is 4.93. The Balaban J connectivity index is 3.23. The maximum absolute atomic E-state index is 11.4. The maximum atomic E-state index is 11.4. The first kappa shape index (κ1) is 17.9. The van der Waals surface area contributed by atoms with Gasteiger partial charge in [-0.1, -0.05) is 64.9 Å². The number of rotatable bonds is 13. The molecule has 0 aromatic rings. The molecule has 0 bridgehead atoms. The zero-order valence-electron chi connectivity index (χ0n) is 12.3. The molecule has 0 spiro atoms. The third kappa shape index (κ3) is 13.1. The van der Waals surface area contributed by atoms with Crippen LogP contribution in [0.3, 0.4) is 0 Å². The van der Waals surface area contributed by atoms with Crippen LogP contribution in [0.1, 0.15) is 71.1 Å². The highest BCUT2D eigenvalue weighted by Crippen LogP contribution is 2.10. The number of carbonyl (C=O) groups is 2. The van der Waals surface area contributed by atoms with E-state index < -0.39 is 5.97 Å². The predicted octanol–water partition coefficient (Wildman–Crippen LogP) is 4.21. The first-order valence-corrected chi connectivity index (χ1v) is 7.51. The van der Waals surface area contributed by atoms with E-state index in [-0.39, 0.29) is 12.4 Å². The molecule has 0 aromatic heterocycles. The highest BCUT2D eigenvalue weighted by atomic mass is 16.5. The molecule has 19 heavy (non-hydrogen) atoms. The average molecular weight is 268 g/mol. The second-order valence-corrected chi connectivity index (χ2v) is 4.93. The zero-order chi connectivity index (χ0) is 14.3. The lowest BCUT2D eigenvalue weighted by atomic mass is 10.1. The Bertz CT molecular complexity index is 259. The van der Waals surface area contributed by atoms with Gasteiger partial charge in [-0.2, -0.15) is 0 Å². The van der Waals surface area contributed by atoms with Crippen molar-refractivity contribution in [3.05, 3.63) is 12.7 Å². The minimum Gasteiger partial charge on any atom is -0.455 e. The van der Waals surface area contributed by atoms with E-state index >= 15 is 0 Å². The normalized spacial score (nSPS) is 10.2. The van der Waals surface area contributed by atoms with Crippen LogP contribution < -0.4 is 0 Å². The van der Waals surface area contributed by atoms with Crippen molar-refractivity contribution in [2.75, 3.05) is 6.61 Å². The molecule has 0 atom stereocenters. The Morgan fingerprint density at radius 3 is 2.00 bits per heavy atom. The largest absolute Gasteiger partial charge is 0.455 e. The summed E-state index contributed by atoms with van der Waals surface area (Å²) in [5.41, 5.74) is 0. The molecule has 0 N–H and O–H groups in total. The number of carbonyl (C=O) groups excluding carboxylic acids is 2. The Hall–Kier alpha value is -1.12. The van der Waals surface area contributed by atoms with Crippen molar-refractivity contribution >= 4 is 11.8 Å². The van der Waals surface area contributed by atoms with Gasteiger partial charge in [0.1, 0.15) is 6.61 Å². The average Bonchev–Trinajstić information content (AvgIpc) is 2.42. The van der Waals surface area contributed by atoms with Gasteiger partial charge in [-0.3, -0.25) is 4.79 Å². The van der Waals surface area contributed by atoms with Crippen LogP contribution in [0.5, 0.6) is 0 Å². The van der Waals surface area contributed by atoms with Crippen LogP contribution in [0, 0.1) is 0 Å². The number of ketones is 1. The number of esters is 1. The fourth-order valence-corrected chi connectivity index (χ4v) is 1.92. The Kier molecular flexibility index (Phi) is 12.5. The number of Topliss-reactive ketones (excluding diaryl/α,β-unsaturated/α-hetero) is 1. The van der Waals surface area contributed by atoms with Gasteiger partial charge in [0, 0.05) is 12.5 Å². The van der Waals surface area contributed by atoms with Crippen LogP contribution in [-0.4, -0.2) is 18.4 Å². The summed E-state index contributed by atoms with van der Waals surface area (Å²) < 4.78 is 4.68. The van der Waals surface area contributed by atoms with Crippen molar-refractivity contribution in [2.24, 2.45) is 0 Å². The van der Waals surface area contributed by atoms with Gasteiger partial charge in [0.25, 0.3) is 0 Å². The molecule has 0 fully saturated rings. The standard InChI is InChI=1S/C16H28O3/c1-3-5-6-7-8-9-10-11-12-13-15(17)14-19-16(18)4-2/h4H,2-3,5-14H2,1H3. The lowest BCUT2D eigenvalue weighted by molar-refractivity contribution is -0.143. The minimum absolute atomic E-state index is 0.00172. The third-order valence-corrected chi connectivity index (χ3v) is 3.10. The van der Waals surface area contributed by atoms with E-state index in [1.165, 1.54) is 44.9 Å². The first-order chi connectivity index (χ1) is 9.20. The molecule has 0 saturated heterocycles. The fourth-order valence-electron chi connectivity index (χ4n) is 1.92. The van der Waals surface area contributed by atoms with Crippen LogP contribution in [0.25, 0.3) is 0 Å². The van der Waals surface area contributed by atoms with Gasteiger partial charge < -0.3 is 4.74 Å². The Morgan fingerprint density at radius 1 is 0.947 bits per heavy atom. The Labute approximate surface area is 117 Å². The lowest BCUT2D eigenvalue weighted by Crippen LogP contribution is -2.11. The predicted molar refractivity (Wildman–Crippen MR) is 78.0 cm³/mol. The summed E-state index contributed by atoms with van der Waals surface area (Å²) in [4.78, 5) is 22.1. The van der Waals surface area contributed by atoms with E-state index in [2.05, 4.69) is 18.2 Å². The van der Waals surface area contributed by atoms with Crippen molar-refractivity contribution in [1.82, 2.24) is 0 Å². The van der Waals surface area contributed by atoms with Crippen LogP contribution >= 0.6 is 0 Å². The molecule has 0 saturated carbocycles. The van der Waals surface area contributed by atoms with E-state index in [0.29, 0.717) is 6.42 Å². The van der Waals surface area contributed by atoms with Gasteiger partial charge in [0.05, 0.1) is 0 Å². The fraction of sp³-hybridized carbons (Fsp3) is 0.750. The van der Waals surface area contributed by atoms with Gasteiger partial charge in [-0.05, 0) is 6.42 Å². The molecule has 3 heteroatoms. The summed E-state index contributed by atoms with van der Waals surface area (Å²) in [6, 6.07) is 0. The van der Waals surface area contributed by atoms with Gasteiger partial charge in [0.15, 0.2) is 5.78 Å². The van der Waals surface area contributed by atoms with Crippen LogP contribution in [0.4, 0.5) is 0 Å². The lowest BCUT2D eigenvalue weighted by Gasteiger charge is -2.03. The molecule has 0 amide bonds. The van der Waals surface area contributed by atoms with Crippen molar-refractivity contribution < 1.29 is 14.3 Å². The smallest absolute Gasteiger partial charge is 0.330 e. The summed E-state index contributed by atoms with van der Waals surface area (Å²) in [6.45, 7) is 5.39. The molecule has 0 radical (unpaired) electrons. The topological polar surface area (TPSA) is 43.4 Å². The molecular weight excluding hydrogens is 240 g/mol. The minimum atomic E-state index is -0.527. The van der Waals surface area contributed by atoms with Crippen LogP contribution in [0.15, 0.2) is 12.7 Å². The Morgan fingerprint density at radius 2 is 1.47 bits per heavy atom. The molecule has 0 aliphatic rings. The molecule has 110 valence electrons. The number of ether oxygens (including phenoxy) is 1. The zero-order valence-corrected chi connectivity index (χ0v) is 12.3. The van der Waals surface area contributed by atoms with E-state index in [4.69, 9.17) is 0 Å². The van der Waals surface area contributed by atoms with E-state index in [1.807, 2.05) is 0 Å². The van der Waals surface area contributed by atoms with Gasteiger partial charge in [0.2, 0.25) is 0 Å². The summed E-state index contributed by atoms with van der Waals surface area (Å²) in [5, 5.41) is 0. The summed E-state index contributed by atoms with van der Waals surface area (Å²) in [7, 11) is 0. The van der Waals surface area contributed by atoms with Crippen molar-refractivity contribution in [3.63, 3.8) is 0 Å². The molecule has 0 aliphatic carbocycles. The van der Waals surface area contributed by atoms with Gasteiger partial charge in [-0.25, -0.2) is 4.79 Å². The molecule has 0 unspecified atom stereocenters. The summed E-state index contributed by atoms with van der Waals surface area (Å²) in [5.74, 6) is -0.529. The van der Waals surface area contributed by atoms with E-state index in [1.54, 1.807) is 0 Å². The molecule has 0 heterocycles. The molecule has 0 rings (SSSR count). The van der Waals surface area contributed by atoms with Crippen molar-refractivity contribution in [3.8, 4) is 0 Å². The highest BCUT2D eigenvalue weighted by Gasteiger charge is 2.04. The van der Waals surface area contributed by atoms with Crippen LogP contribution in [0.2, 0.25) is 0 Å². The SMILES string of the molecule is C=CC(=O)OCC(=O)CCCCCCCCCCC. The number of hydrogen-bond acceptors (Lipinski definition) is 3. The summed E-state index contributed by atoms with van der Waals surface area (Å²) >= 11 is 0. The molecule has 0 aromatic carbocycles. The maximum Gasteiger partial charge on any atom is 0.330 e. The number of unbranched alkanes of at least 4 members (excludes halogenated alkanes) is 8. The number of hydrogen-bond donors (Lipinski definition) is 0. The van der Waals surface area contributed by atoms with Gasteiger partial charge >= 0.3 is 5.97 Å². The molecular formula is C16H28O3. The van der Waals surface area contributed by atoms with Crippen molar-refractivity contribution in [1.29, 1.82) is 0 Å². The van der Waals surface area contributed by atoms with E-state index in [0.717, 1.165) is 18.9 Å². The summed E-state index contributed by atoms with van der Waals surface area (Å²) in [6.07, 6.45) is 12.7. The monoisotopic (exact) mass is 268 g/mol. The second kappa shape index (κ2) is 13.3. The highest BCUT2D eigenvalue weighted by molar-refractivity contribution is 5.86. The quantitative estimate of drug-likeness (QED) is 0.285. The van der Waals surface area contributed by atoms with Crippen molar-refractivity contribution in [2.45, 2.75) is 71.1 Å². The first-order valence-electron chi connectivity index (χ1n) is 7.51. The molecule has 3 nitrogen and oxygen atoms in total. The van der Waals surface area contributed by atoms with E-state index in [9.17, 15) is 9.59 Å². The van der Waals surface area contributed by atoms with Crippen LogP contribution in [-0.2, 0) is 14.3 Å².